The molecule has 2 saturated heterocycles. The van der Waals surface area contributed by atoms with Gasteiger partial charge >= 0.3 is 0 Å². The molecule has 0 aromatic carbocycles. The number of rotatable bonds is 2. The molecule has 1 aliphatic carbocycles. The third kappa shape index (κ3) is 2.43. The molecule has 0 bridgehead atoms. The minimum Gasteiger partial charge on any atom is -0.316 e. The van der Waals surface area contributed by atoms with E-state index >= 15 is 0 Å². The minimum absolute atomic E-state index is 0.978. The summed E-state index contributed by atoms with van der Waals surface area (Å²) in [6.07, 6.45) is 8.98. The monoisotopic (exact) mass is 222 g/mol. The third-order valence-corrected chi connectivity index (χ3v) is 4.96. The van der Waals surface area contributed by atoms with E-state index in [2.05, 4.69) is 10.2 Å². The van der Waals surface area contributed by atoms with Crippen LogP contribution in [0.25, 0.3) is 0 Å². The summed E-state index contributed by atoms with van der Waals surface area (Å²) in [5, 5.41) is 3.53. The zero-order valence-electron chi connectivity index (χ0n) is 10.5. The van der Waals surface area contributed by atoms with E-state index in [9.17, 15) is 0 Å². The molecule has 2 atom stereocenters. The fourth-order valence-electron chi connectivity index (χ4n) is 4.01. The number of nitrogens with one attached hydrogen (secondary N) is 1. The van der Waals surface area contributed by atoms with Crippen molar-refractivity contribution in [2.45, 2.75) is 38.5 Å². The van der Waals surface area contributed by atoms with Crippen LogP contribution in [0.15, 0.2) is 0 Å². The zero-order chi connectivity index (χ0) is 10.8. The van der Waals surface area contributed by atoms with Crippen LogP contribution in [-0.4, -0.2) is 37.6 Å². The van der Waals surface area contributed by atoms with Crippen molar-refractivity contribution in [1.82, 2.24) is 10.2 Å². The normalized spacial score (nSPS) is 37.5. The van der Waals surface area contributed by atoms with Crippen molar-refractivity contribution in [3.8, 4) is 0 Å². The highest BCUT2D eigenvalue weighted by Crippen LogP contribution is 2.29. The van der Waals surface area contributed by atoms with E-state index in [0.717, 1.165) is 17.8 Å². The molecule has 2 heteroatoms. The molecule has 2 nitrogen and oxygen atoms in total. The molecule has 1 N–H and O–H groups in total. The lowest BCUT2D eigenvalue weighted by Gasteiger charge is -2.23. The molecule has 0 aromatic rings. The van der Waals surface area contributed by atoms with Crippen LogP contribution in [0.2, 0.25) is 0 Å². The van der Waals surface area contributed by atoms with Crippen molar-refractivity contribution in [3.63, 3.8) is 0 Å². The van der Waals surface area contributed by atoms with Crippen LogP contribution in [0, 0.1) is 17.8 Å². The van der Waals surface area contributed by atoms with Gasteiger partial charge in [-0.2, -0.15) is 0 Å². The number of likely N-dealkylation sites (tertiary alicyclic amines) is 1. The van der Waals surface area contributed by atoms with Crippen molar-refractivity contribution in [2.75, 3.05) is 32.7 Å². The Morgan fingerprint density at radius 2 is 1.50 bits per heavy atom. The van der Waals surface area contributed by atoms with Crippen molar-refractivity contribution in [2.24, 2.45) is 17.8 Å². The highest BCUT2D eigenvalue weighted by molar-refractivity contribution is 4.91. The van der Waals surface area contributed by atoms with Gasteiger partial charge in [-0.1, -0.05) is 25.7 Å². The van der Waals surface area contributed by atoms with Gasteiger partial charge in [0.2, 0.25) is 0 Å². The maximum atomic E-state index is 3.53. The third-order valence-electron chi connectivity index (χ3n) is 4.96. The number of fused-ring (bicyclic) bond motifs is 1. The zero-order valence-corrected chi connectivity index (χ0v) is 10.5. The molecule has 16 heavy (non-hydrogen) atoms. The average Bonchev–Trinajstić information content (AvgIpc) is 2.72. The van der Waals surface area contributed by atoms with E-state index in [0.29, 0.717) is 0 Å². The largest absolute Gasteiger partial charge is 0.316 e. The molecule has 0 spiro atoms. The van der Waals surface area contributed by atoms with Gasteiger partial charge < -0.3 is 10.2 Å². The molecule has 92 valence electrons. The van der Waals surface area contributed by atoms with E-state index in [1.54, 1.807) is 0 Å². The lowest BCUT2D eigenvalue weighted by molar-refractivity contribution is 0.246. The first-order valence-corrected chi connectivity index (χ1v) is 7.35. The molecule has 2 unspecified atom stereocenters. The van der Waals surface area contributed by atoms with Crippen LogP contribution in [0.5, 0.6) is 0 Å². The summed E-state index contributed by atoms with van der Waals surface area (Å²) in [5.74, 6) is 2.98. The molecule has 0 aromatic heterocycles. The highest BCUT2D eigenvalue weighted by Gasteiger charge is 2.36. The van der Waals surface area contributed by atoms with Crippen LogP contribution >= 0.6 is 0 Å². The van der Waals surface area contributed by atoms with Crippen LogP contribution < -0.4 is 5.32 Å². The summed E-state index contributed by atoms with van der Waals surface area (Å²) in [6.45, 7) is 6.74. The molecular formula is C14H26N2. The van der Waals surface area contributed by atoms with Gasteiger partial charge in [0, 0.05) is 19.6 Å². The Morgan fingerprint density at radius 3 is 2.12 bits per heavy atom. The maximum absolute atomic E-state index is 3.53. The van der Waals surface area contributed by atoms with Crippen molar-refractivity contribution in [3.05, 3.63) is 0 Å². The van der Waals surface area contributed by atoms with E-state index < -0.39 is 0 Å². The Labute approximate surface area is 99.8 Å². The van der Waals surface area contributed by atoms with Gasteiger partial charge in [0.25, 0.3) is 0 Å². The number of nitrogens with zero attached hydrogens (tertiary/aromatic N) is 1. The summed E-state index contributed by atoms with van der Waals surface area (Å²) >= 11 is 0. The molecule has 0 amide bonds. The first-order chi connectivity index (χ1) is 7.92. The predicted molar refractivity (Wildman–Crippen MR) is 67.5 cm³/mol. The average molecular weight is 222 g/mol. The van der Waals surface area contributed by atoms with E-state index in [1.165, 1.54) is 71.2 Å². The second kappa shape index (κ2) is 5.05. The quantitative estimate of drug-likeness (QED) is 0.720. The van der Waals surface area contributed by atoms with Crippen LogP contribution in [-0.2, 0) is 0 Å². The van der Waals surface area contributed by atoms with Crippen molar-refractivity contribution >= 4 is 0 Å². The Balaban J connectivity index is 1.48. The number of hydrogen-bond acceptors (Lipinski definition) is 2. The smallest absolute Gasteiger partial charge is 0.00257 e. The Morgan fingerprint density at radius 1 is 0.875 bits per heavy atom. The lowest BCUT2D eigenvalue weighted by atomic mass is 10.00. The second-order valence-electron chi connectivity index (χ2n) is 6.25. The van der Waals surface area contributed by atoms with Gasteiger partial charge in [0.1, 0.15) is 0 Å². The first-order valence-electron chi connectivity index (χ1n) is 7.35. The van der Waals surface area contributed by atoms with E-state index in [-0.39, 0.29) is 0 Å². The van der Waals surface area contributed by atoms with Gasteiger partial charge in [-0.05, 0) is 43.7 Å². The summed E-state index contributed by atoms with van der Waals surface area (Å²) in [6, 6.07) is 0. The van der Waals surface area contributed by atoms with Gasteiger partial charge in [-0.25, -0.2) is 0 Å². The Bertz CT molecular complexity index is 209. The minimum atomic E-state index is 0.978. The predicted octanol–water partition coefficient (Wildman–Crippen LogP) is 2.11. The second-order valence-corrected chi connectivity index (χ2v) is 6.25. The molecule has 1 saturated carbocycles. The lowest BCUT2D eigenvalue weighted by Crippen LogP contribution is -2.30. The molecule has 2 heterocycles. The molecule has 2 aliphatic heterocycles. The summed E-state index contributed by atoms with van der Waals surface area (Å²) < 4.78 is 0. The molecule has 0 radical (unpaired) electrons. The highest BCUT2D eigenvalue weighted by atomic mass is 15.2. The van der Waals surface area contributed by atoms with E-state index in [4.69, 9.17) is 0 Å². The van der Waals surface area contributed by atoms with Gasteiger partial charge in [0.05, 0.1) is 0 Å². The fourth-order valence-corrected chi connectivity index (χ4v) is 4.01. The molecular weight excluding hydrogens is 196 g/mol. The summed E-state index contributed by atoms with van der Waals surface area (Å²) in [4.78, 5) is 2.77. The summed E-state index contributed by atoms with van der Waals surface area (Å²) in [5.41, 5.74) is 0. The van der Waals surface area contributed by atoms with Gasteiger partial charge in [-0.3, -0.25) is 0 Å². The van der Waals surface area contributed by atoms with Gasteiger partial charge in [-0.15, -0.1) is 0 Å². The first kappa shape index (κ1) is 11.0. The Hall–Kier alpha value is -0.0800. The van der Waals surface area contributed by atoms with Crippen LogP contribution in [0.3, 0.4) is 0 Å². The van der Waals surface area contributed by atoms with E-state index in [1.807, 2.05) is 0 Å². The standard InChI is InChI=1S/C14H26N2/c1-2-4-6-12(5-3-1)9-16-10-13-7-15-8-14(13)11-16/h12-15H,1-11H2. The maximum Gasteiger partial charge on any atom is 0.00257 e. The SMILES string of the molecule is C1CCCC(CN2CC3CNCC3C2)CC1. The topological polar surface area (TPSA) is 15.3 Å². The van der Waals surface area contributed by atoms with Crippen LogP contribution in [0.4, 0.5) is 0 Å². The number of hydrogen-bond donors (Lipinski definition) is 1. The van der Waals surface area contributed by atoms with Crippen LogP contribution in [0.1, 0.15) is 38.5 Å². The molecule has 3 aliphatic rings. The fraction of sp³-hybridized carbons (Fsp3) is 1.00. The van der Waals surface area contributed by atoms with Gasteiger partial charge in [0.15, 0.2) is 0 Å². The Kier molecular flexibility index (Phi) is 3.49. The molecule has 3 rings (SSSR count). The molecule has 3 fully saturated rings. The van der Waals surface area contributed by atoms with Crippen molar-refractivity contribution < 1.29 is 0 Å². The summed E-state index contributed by atoms with van der Waals surface area (Å²) in [7, 11) is 0. The van der Waals surface area contributed by atoms with Crippen molar-refractivity contribution in [1.29, 1.82) is 0 Å².